The number of rotatable bonds is 4. The lowest BCUT2D eigenvalue weighted by atomic mass is 9.95. The second-order valence-corrected chi connectivity index (χ2v) is 8.45. The summed E-state index contributed by atoms with van der Waals surface area (Å²) in [7, 11) is 0. The van der Waals surface area contributed by atoms with Crippen LogP contribution < -0.4 is 4.90 Å². The number of morpholine rings is 1. The molecule has 0 bridgehead atoms. The summed E-state index contributed by atoms with van der Waals surface area (Å²) in [4.78, 5) is 17.6. The highest BCUT2D eigenvalue weighted by Crippen LogP contribution is 2.36. The van der Waals surface area contributed by atoms with Gasteiger partial charge in [-0.1, -0.05) is 26.8 Å². The molecule has 1 aromatic heterocycles. The molecule has 3 rings (SSSR count). The van der Waals surface area contributed by atoms with E-state index in [1.807, 2.05) is 25.7 Å². The topological polar surface area (TPSA) is 67.6 Å². The van der Waals surface area contributed by atoms with E-state index in [0.717, 1.165) is 0 Å². The Morgan fingerprint density at radius 1 is 1.20 bits per heavy atom. The summed E-state index contributed by atoms with van der Waals surface area (Å²) in [6.45, 7) is 9.03. The molecule has 1 N–H and O–H groups in total. The zero-order valence-electron chi connectivity index (χ0n) is 17.5. The molecule has 0 unspecified atom stereocenters. The SMILES string of the molecule is Cc1c(C(=O)O)nc(C(C)(C)C)n1Cc1ccc(N2CCOCC2)cc1C(F)(F)F. The van der Waals surface area contributed by atoms with Gasteiger partial charge >= 0.3 is 12.1 Å². The summed E-state index contributed by atoms with van der Waals surface area (Å²) in [6.07, 6.45) is -4.54. The highest BCUT2D eigenvalue weighted by atomic mass is 19.4. The van der Waals surface area contributed by atoms with E-state index in [1.165, 1.54) is 12.1 Å². The average Bonchev–Trinajstić information content (AvgIpc) is 2.99. The van der Waals surface area contributed by atoms with Gasteiger partial charge in [0.2, 0.25) is 0 Å². The maximum absolute atomic E-state index is 13.9. The molecule has 1 aliphatic heterocycles. The van der Waals surface area contributed by atoms with Crippen LogP contribution in [-0.2, 0) is 22.9 Å². The van der Waals surface area contributed by atoms with Gasteiger partial charge in [0.05, 0.1) is 18.8 Å². The maximum Gasteiger partial charge on any atom is 0.416 e. The van der Waals surface area contributed by atoms with Crippen molar-refractivity contribution < 1.29 is 27.8 Å². The molecule has 1 aliphatic rings. The van der Waals surface area contributed by atoms with Gasteiger partial charge in [-0.25, -0.2) is 9.78 Å². The van der Waals surface area contributed by atoms with Crippen molar-refractivity contribution in [2.75, 3.05) is 31.2 Å². The minimum atomic E-state index is -4.54. The van der Waals surface area contributed by atoms with Crippen LogP contribution in [-0.4, -0.2) is 46.9 Å². The van der Waals surface area contributed by atoms with Gasteiger partial charge in [0.15, 0.2) is 5.69 Å². The number of aromatic carboxylic acids is 1. The van der Waals surface area contributed by atoms with Crippen LogP contribution in [0.4, 0.5) is 18.9 Å². The van der Waals surface area contributed by atoms with E-state index in [4.69, 9.17) is 4.74 Å². The third kappa shape index (κ3) is 4.45. The molecule has 0 atom stereocenters. The molecule has 2 heterocycles. The van der Waals surface area contributed by atoms with Crippen molar-refractivity contribution in [2.24, 2.45) is 0 Å². The highest BCUT2D eigenvalue weighted by molar-refractivity contribution is 5.86. The quantitative estimate of drug-likeness (QED) is 0.799. The molecule has 0 spiro atoms. The second kappa shape index (κ2) is 7.94. The Balaban J connectivity index is 2.07. The summed E-state index contributed by atoms with van der Waals surface area (Å²) in [5.41, 5.74) is -0.501. The number of benzene rings is 1. The number of ether oxygens (including phenoxy) is 1. The maximum atomic E-state index is 13.9. The molecule has 1 fully saturated rings. The first-order valence-electron chi connectivity index (χ1n) is 9.73. The molecule has 0 aliphatic carbocycles. The summed E-state index contributed by atoms with van der Waals surface area (Å²) in [5, 5.41) is 9.43. The monoisotopic (exact) mass is 425 g/mol. The zero-order valence-corrected chi connectivity index (χ0v) is 17.5. The standard InChI is InChI=1S/C21H26F3N3O3/c1-13-17(18(28)29)25-19(20(2,3)4)27(13)12-14-5-6-15(11-16(14)21(22,23)24)26-7-9-30-10-8-26/h5-6,11H,7-10,12H2,1-4H3,(H,28,29). The Bertz CT molecular complexity index is 939. The minimum absolute atomic E-state index is 0.0717. The van der Waals surface area contributed by atoms with Gasteiger partial charge in [-0.05, 0) is 24.6 Å². The molecule has 9 heteroatoms. The van der Waals surface area contributed by atoms with Crippen LogP contribution in [0.3, 0.4) is 0 Å². The van der Waals surface area contributed by atoms with E-state index in [2.05, 4.69) is 4.98 Å². The molecule has 0 radical (unpaired) electrons. The number of carboxylic acids is 1. The molecule has 6 nitrogen and oxygen atoms in total. The second-order valence-electron chi connectivity index (χ2n) is 8.45. The number of hydrogen-bond acceptors (Lipinski definition) is 4. The van der Waals surface area contributed by atoms with Crippen LogP contribution in [0, 0.1) is 6.92 Å². The van der Waals surface area contributed by atoms with Crippen molar-refractivity contribution >= 4 is 11.7 Å². The molecule has 2 aromatic rings. The van der Waals surface area contributed by atoms with Crippen LogP contribution in [0.25, 0.3) is 0 Å². The van der Waals surface area contributed by atoms with Crippen LogP contribution in [0.2, 0.25) is 0 Å². The molecular formula is C21H26F3N3O3. The Morgan fingerprint density at radius 2 is 1.83 bits per heavy atom. The first kappa shape index (κ1) is 22.1. The zero-order chi connectivity index (χ0) is 22.3. The average molecular weight is 425 g/mol. The number of carboxylic acid groups (broad SMARTS) is 1. The molecule has 0 amide bonds. The lowest BCUT2D eigenvalue weighted by Crippen LogP contribution is -2.36. The summed E-state index contributed by atoms with van der Waals surface area (Å²) in [6, 6.07) is 4.32. The Hall–Kier alpha value is -2.55. The summed E-state index contributed by atoms with van der Waals surface area (Å²) >= 11 is 0. The summed E-state index contributed by atoms with van der Waals surface area (Å²) < 4.78 is 48.6. The van der Waals surface area contributed by atoms with Gasteiger partial charge in [0.25, 0.3) is 0 Å². The fraction of sp³-hybridized carbons (Fsp3) is 0.524. The van der Waals surface area contributed by atoms with Crippen molar-refractivity contribution in [3.8, 4) is 0 Å². The van der Waals surface area contributed by atoms with Gasteiger partial charge in [-0.15, -0.1) is 0 Å². The van der Waals surface area contributed by atoms with E-state index in [9.17, 15) is 23.1 Å². The molecule has 30 heavy (non-hydrogen) atoms. The molecule has 1 saturated heterocycles. The first-order chi connectivity index (χ1) is 13.9. The third-order valence-electron chi connectivity index (χ3n) is 5.20. The number of carbonyl (C=O) groups is 1. The van der Waals surface area contributed by atoms with Crippen LogP contribution in [0.15, 0.2) is 18.2 Å². The van der Waals surface area contributed by atoms with Gasteiger partial charge in [-0.2, -0.15) is 13.2 Å². The van der Waals surface area contributed by atoms with E-state index in [0.29, 0.717) is 43.5 Å². The normalized spacial score (nSPS) is 15.5. The number of imidazole rings is 1. The van der Waals surface area contributed by atoms with Gasteiger partial charge < -0.3 is 19.3 Å². The third-order valence-corrected chi connectivity index (χ3v) is 5.20. The largest absolute Gasteiger partial charge is 0.476 e. The molecular weight excluding hydrogens is 399 g/mol. The number of anilines is 1. The van der Waals surface area contributed by atoms with E-state index in [1.54, 1.807) is 17.6 Å². The molecule has 0 saturated carbocycles. The van der Waals surface area contributed by atoms with Crippen molar-refractivity contribution in [2.45, 2.75) is 45.8 Å². The Morgan fingerprint density at radius 3 is 2.37 bits per heavy atom. The number of alkyl halides is 3. The van der Waals surface area contributed by atoms with Gasteiger partial charge in [0.1, 0.15) is 5.82 Å². The summed E-state index contributed by atoms with van der Waals surface area (Å²) in [5.74, 6) is -0.766. The molecule has 164 valence electrons. The van der Waals surface area contributed by atoms with Crippen LogP contribution >= 0.6 is 0 Å². The highest BCUT2D eigenvalue weighted by Gasteiger charge is 2.35. The minimum Gasteiger partial charge on any atom is -0.476 e. The smallest absolute Gasteiger partial charge is 0.416 e. The number of hydrogen-bond donors (Lipinski definition) is 1. The van der Waals surface area contributed by atoms with Crippen molar-refractivity contribution in [1.82, 2.24) is 9.55 Å². The van der Waals surface area contributed by atoms with Gasteiger partial charge in [0, 0.05) is 36.4 Å². The predicted molar refractivity (Wildman–Crippen MR) is 106 cm³/mol. The van der Waals surface area contributed by atoms with Crippen molar-refractivity contribution in [1.29, 1.82) is 0 Å². The lowest BCUT2D eigenvalue weighted by Gasteiger charge is -2.30. The fourth-order valence-electron chi connectivity index (χ4n) is 3.66. The Kier molecular flexibility index (Phi) is 5.86. The van der Waals surface area contributed by atoms with Crippen molar-refractivity contribution in [3.05, 3.63) is 46.5 Å². The van der Waals surface area contributed by atoms with E-state index in [-0.39, 0.29) is 17.8 Å². The Labute approximate surface area is 173 Å². The van der Waals surface area contributed by atoms with E-state index < -0.39 is 23.1 Å². The number of aromatic nitrogens is 2. The van der Waals surface area contributed by atoms with E-state index >= 15 is 0 Å². The van der Waals surface area contributed by atoms with Crippen LogP contribution in [0.5, 0.6) is 0 Å². The number of nitrogens with zero attached hydrogens (tertiary/aromatic N) is 3. The lowest BCUT2D eigenvalue weighted by molar-refractivity contribution is -0.138. The number of halogens is 3. The van der Waals surface area contributed by atoms with Gasteiger partial charge in [-0.3, -0.25) is 0 Å². The fourth-order valence-corrected chi connectivity index (χ4v) is 3.66. The van der Waals surface area contributed by atoms with Crippen LogP contribution in [0.1, 0.15) is 53.9 Å². The molecule has 1 aromatic carbocycles. The predicted octanol–water partition coefficient (Wildman–Crippen LogP) is 4.09. The first-order valence-corrected chi connectivity index (χ1v) is 9.73. The van der Waals surface area contributed by atoms with Crippen molar-refractivity contribution in [3.63, 3.8) is 0 Å².